The third kappa shape index (κ3) is 7.37. The van der Waals surface area contributed by atoms with Crippen LogP contribution in [0, 0.1) is 0 Å². The predicted molar refractivity (Wildman–Crippen MR) is 155 cm³/mol. The average Bonchev–Trinajstić information content (AvgIpc) is 3.44. The Balaban J connectivity index is 1.17. The zero-order chi connectivity index (χ0) is 27.8. The Bertz CT molecular complexity index is 1250. The highest BCUT2D eigenvalue weighted by atomic mass is 15.3. The first-order valence-electron chi connectivity index (χ1n) is 13.3. The molecule has 10 nitrogen and oxygen atoms in total. The molecule has 0 aliphatic carbocycles. The molecule has 0 atom stereocenters. The Kier molecular flexibility index (Phi) is 9.19. The van der Waals surface area contributed by atoms with Crippen LogP contribution < -0.4 is 18.9 Å². The van der Waals surface area contributed by atoms with Gasteiger partial charge in [-0.15, -0.1) is 0 Å². The minimum absolute atomic E-state index is 0.804. The van der Waals surface area contributed by atoms with Crippen molar-refractivity contribution in [2.75, 3.05) is 37.0 Å². The molecule has 10 heteroatoms. The SMILES string of the molecule is CN(CCCCCN(C)c1ccc(N=Nc2n(C)cc[n+]2C)cc1)c1ccc(N=Nc2n(C)cc[n+]2C)cc1. The van der Waals surface area contributed by atoms with Crippen LogP contribution in [0.25, 0.3) is 0 Å². The molecule has 0 aliphatic rings. The van der Waals surface area contributed by atoms with E-state index in [9.17, 15) is 0 Å². The second-order valence-corrected chi connectivity index (χ2v) is 9.98. The number of rotatable bonds is 12. The van der Waals surface area contributed by atoms with E-state index in [0.29, 0.717) is 0 Å². The first-order chi connectivity index (χ1) is 18.8. The highest BCUT2D eigenvalue weighted by Crippen LogP contribution is 2.22. The van der Waals surface area contributed by atoms with Gasteiger partial charge in [-0.25, -0.2) is 18.3 Å². The van der Waals surface area contributed by atoms with Crippen molar-refractivity contribution in [3.63, 3.8) is 0 Å². The number of unbranched alkanes of at least 4 members (excludes halogenated alkanes) is 2. The Morgan fingerprint density at radius 2 is 0.974 bits per heavy atom. The first-order valence-corrected chi connectivity index (χ1v) is 13.3. The zero-order valence-corrected chi connectivity index (χ0v) is 23.9. The van der Waals surface area contributed by atoms with Crippen LogP contribution in [0.3, 0.4) is 0 Å². The van der Waals surface area contributed by atoms with E-state index in [1.54, 1.807) is 0 Å². The van der Waals surface area contributed by atoms with Crippen LogP contribution in [0.15, 0.2) is 93.8 Å². The topological polar surface area (TPSA) is 73.5 Å². The van der Waals surface area contributed by atoms with Gasteiger partial charge in [0.1, 0.15) is 11.4 Å². The maximum atomic E-state index is 4.38. The van der Waals surface area contributed by atoms with Crippen LogP contribution in [0.1, 0.15) is 19.3 Å². The smallest absolute Gasteiger partial charge is 0.375 e. The van der Waals surface area contributed by atoms with Gasteiger partial charge < -0.3 is 9.80 Å². The quantitative estimate of drug-likeness (QED) is 0.137. The number of aromatic nitrogens is 4. The second kappa shape index (κ2) is 12.9. The number of benzene rings is 2. The van der Waals surface area contributed by atoms with Crippen molar-refractivity contribution in [1.29, 1.82) is 0 Å². The van der Waals surface area contributed by atoms with Gasteiger partial charge in [-0.2, -0.15) is 0 Å². The molecule has 0 amide bonds. The minimum Gasteiger partial charge on any atom is -0.375 e. The standard InChI is InChI=1S/C29H40N10/c1-34(26-14-10-24(11-15-26)30-32-28-36(3)20-21-37(28)4)18-8-7-9-19-35(2)27-16-12-25(13-17-27)31-33-29-38(5)22-23-39(29)6/h10-17,20-23H,7-9,18-19H2,1-6H3/q+2. The summed E-state index contributed by atoms with van der Waals surface area (Å²) in [6, 6.07) is 16.5. The molecule has 4 rings (SSSR count). The molecule has 2 heterocycles. The largest absolute Gasteiger partial charge is 0.421 e. The predicted octanol–water partition coefficient (Wildman–Crippen LogP) is 5.59. The molecule has 4 aromatic rings. The van der Waals surface area contributed by atoms with Crippen molar-refractivity contribution in [3.8, 4) is 0 Å². The van der Waals surface area contributed by atoms with E-state index in [0.717, 1.165) is 49.2 Å². The second-order valence-electron chi connectivity index (χ2n) is 9.98. The lowest BCUT2D eigenvalue weighted by atomic mass is 10.2. The van der Waals surface area contributed by atoms with Crippen molar-refractivity contribution < 1.29 is 9.13 Å². The fourth-order valence-electron chi connectivity index (χ4n) is 4.33. The van der Waals surface area contributed by atoms with E-state index in [1.807, 2.05) is 95.5 Å². The zero-order valence-electron chi connectivity index (χ0n) is 23.9. The number of hydrogen-bond donors (Lipinski definition) is 0. The Morgan fingerprint density at radius 3 is 1.31 bits per heavy atom. The van der Waals surface area contributed by atoms with Gasteiger partial charge in [-0.3, -0.25) is 0 Å². The number of hydrogen-bond acceptors (Lipinski definition) is 6. The summed E-state index contributed by atoms with van der Waals surface area (Å²) in [4.78, 5) is 4.59. The van der Waals surface area contributed by atoms with E-state index in [1.165, 1.54) is 17.8 Å². The van der Waals surface area contributed by atoms with Gasteiger partial charge in [0.15, 0.2) is 0 Å². The Hall–Kier alpha value is -4.34. The fourth-order valence-corrected chi connectivity index (χ4v) is 4.33. The molecular weight excluding hydrogens is 488 g/mol. The van der Waals surface area contributed by atoms with Gasteiger partial charge in [0.2, 0.25) is 0 Å². The van der Waals surface area contributed by atoms with Crippen LogP contribution in [0.2, 0.25) is 0 Å². The summed E-state index contributed by atoms with van der Waals surface area (Å²) in [6.07, 6.45) is 11.3. The molecular formula is C29H40N10+2. The molecule has 0 saturated carbocycles. The number of anilines is 2. The number of azo groups is 2. The van der Waals surface area contributed by atoms with Crippen LogP contribution >= 0.6 is 0 Å². The maximum absolute atomic E-state index is 4.38. The monoisotopic (exact) mass is 528 g/mol. The molecule has 0 spiro atoms. The molecule has 2 aromatic heterocycles. The molecule has 0 N–H and O–H groups in total. The van der Waals surface area contributed by atoms with E-state index in [2.05, 4.69) is 68.6 Å². The summed E-state index contributed by atoms with van der Waals surface area (Å²) in [7, 11) is 12.1. The van der Waals surface area contributed by atoms with Crippen LogP contribution in [0.4, 0.5) is 34.6 Å². The first kappa shape index (κ1) is 27.7. The Labute approximate surface area is 231 Å². The minimum atomic E-state index is 0.804. The summed E-state index contributed by atoms with van der Waals surface area (Å²) in [5, 5.41) is 17.5. The molecule has 0 saturated heterocycles. The van der Waals surface area contributed by atoms with Crippen LogP contribution in [0.5, 0.6) is 0 Å². The summed E-state index contributed by atoms with van der Waals surface area (Å²) in [6.45, 7) is 2.03. The normalized spacial score (nSPS) is 11.6. The molecule has 0 radical (unpaired) electrons. The molecule has 0 aliphatic heterocycles. The molecule has 0 unspecified atom stereocenters. The molecule has 0 bridgehead atoms. The van der Waals surface area contributed by atoms with Crippen molar-refractivity contribution in [2.24, 2.45) is 48.6 Å². The summed E-state index contributed by atoms with van der Waals surface area (Å²) in [5.41, 5.74) is 4.07. The van der Waals surface area contributed by atoms with Gasteiger partial charge in [0.25, 0.3) is 0 Å². The van der Waals surface area contributed by atoms with Crippen molar-refractivity contribution in [2.45, 2.75) is 19.3 Å². The van der Waals surface area contributed by atoms with Crippen molar-refractivity contribution >= 4 is 34.6 Å². The lowest BCUT2D eigenvalue weighted by Crippen LogP contribution is -2.25. The van der Waals surface area contributed by atoms with Gasteiger partial charge in [0, 0.05) is 48.8 Å². The lowest BCUT2D eigenvalue weighted by molar-refractivity contribution is -0.657. The van der Waals surface area contributed by atoms with Gasteiger partial charge in [0.05, 0.1) is 53.0 Å². The maximum Gasteiger partial charge on any atom is 0.421 e. The van der Waals surface area contributed by atoms with Crippen molar-refractivity contribution in [1.82, 2.24) is 9.13 Å². The lowest BCUT2D eigenvalue weighted by Gasteiger charge is -2.21. The van der Waals surface area contributed by atoms with E-state index in [-0.39, 0.29) is 0 Å². The molecule has 39 heavy (non-hydrogen) atoms. The third-order valence-electron chi connectivity index (χ3n) is 6.87. The highest BCUT2D eigenvalue weighted by molar-refractivity contribution is 5.53. The molecule has 204 valence electrons. The summed E-state index contributed by atoms with van der Waals surface area (Å²) < 4.78 is 7.78. The summed E-state index contributed by atoms with van der Waals surface area (Å²) in [5.74, 6) is 1.61. The number of nitrogens with zero attached hydrogens (tertiary/aromatic N) is 10. The van der Waals surface area contributed by atoms with E-state index >= 15 is 0 Å². The van der Waals surface area contributed by atoms with Crippen LogP contribution in [-0.2, 0) is 28.2 Å². The Morgan fingerprint density at radius 1 is 0.590 bits per heavy atom. The van der Waals surface area contributed by atoms with Gasteiger partial charge >= 0.3 is 11.9 Å². The van der Waals surface area contributed by atoms with Gasteiger partial charge in [-0.05, 0) is 67.8 Å². The molecule has 2 aromatic carbocycles. The van der Waals surface area contributed by atoms with Gasteiger partial charge in [-0.1, -0.05) is 10.2 Å². The number of imidazole rings is 2. The van der Waals surface area contributed by atoms with E-state index in [4.69, 9.17) is 0 Å². The highest BCUT2D eigenvalue weighted by Gasteiger charge is 2.11. The molecule has 0 fully saturated rings. The summed E-state index contributed by atoms with van der Waals surface area (Å²) >= 11 is 0. The fraction of sp³-hybridized carbons (Fsp3) is 0.379. The average molecular weight is 529 g/mol. The third-order valence-corrected chi connectivity index (χ3v) is 6.87. The van der Waals surface area contributed by atoms with Crippen molar-refractivity contribution in [3.05, 3.63) is 73.3 Å². The van der Waals surface area contributed by atoms with Crippen LogP contribution in [-0.4, -0.2) is 36.3 Å². The van der Waals surface area contributed by atoms with E-state index < -0.39 is 0 Å². The number of aryl methyl sites for hydroxylation is 4.